The first kappa shape index (κ1) is 16.5. The van der Waals surface area contributed by atoms with E-state index < -0.39 is 0 Å². The highest BCUT2D eigenvalue weighted by molar-refractivity contribution is 7.27. The number of benzene rings is 1. The Kier molecular flexibility index (Phi) is 4.37. The number of epoxide rings is 1. The van der Waals surface area contributed by atoms with E-state index >= 15 is 0 Å². The van der Waals surface area contributed by atoms with Gasteiger partial charge in [0.05, 0.1) is 30.8 Å². The predicted molar refractivity (Wildman–Crippen MR) is 103 cm³/mol. The van der Waals surface area contributed by atoms with Gasteiger partial charge in [-0.2, -0.15) is 0 Å². The van der Waals surface area contributed by atoms with Gasteiger partial charge in [-0.15, -0.1) is 18.5 Å². The van der Waals surface area contributed by atoms with Crippen LogP contribution in [0.4, 0.5) is 0 Å². The number of hydrogen-bond donors (Lipinski definition) is 0. The van der Waals surface area contributed by atoms with Crippen LogP contribution in [0, 0.1) is 12.8 Å². The maximum atomic E-state index is 5.93. The quantitative estimate of drug-likeness (QED) is 0.585. The molecule has 1 aliphatic carbocycles. The van der Waals surface area contributed by atoms with Gasteiger partial charge in [-0.25, -0.2) is 0 Å². The van der Waals surface area contributed by atoms with Gasteiger partial charge in [-0.3, -0.25) is 4.98 Å². The minimum absolute atomic E-state index is 0.122. The zero-order valence-corrected chi connectivity index (χ0v) is 16.2. The van der Waals surface area contributed by atoms with Gasteiger partial charge in [0.15, 0.2) is 0 Å². The van der Waals surface area contributed by atoms with E-state index in [0.717, 1.165) is 30.6 Å². The molecule has 2 aromatic rings. The Morgan fingerprint density at radius 2 is 2.12 bits per heavy atom. The number of aromatic nitrogens is 1. The SMILES string of the molecule is Cc1ccc(C2(C(P)c3ccc(OCC4CC4)cn3)CO2)c(P)c1. The molecule has 5 heteroatoms. The highest BCUT2D eigenvalue weighted by atomic mass is 31.0. The Labute approximate surface area is 148 Å². The number of aryl methyl sites for hydroxylation is 1. The lowest BCUT2D eigenvalue weighted by molar-refractivity contribution is 0.295. The van der Waals surface area contributed by atoms with E-state index in [0.29, 0.717) is 0 Å². The normalized spacial score (nSPS) is 23.8. The molecule has 1 saturated carbocycles. The molecule has 0 radical (unpaired) electrons. The third-order valence-electron chi connectivity index (χ3n) is 4.88. The molecule has 4 unspecified atom stereocenters. The molecule has 0 spiro atoms. The van der Waals surface area contributed by atoms with Gasteiger partial charge < -0.3 is 9.47 Å². The molecule has 126 valence electrons. The van der Waals surface area contributed by atoms with Gasteiger partial charge in [0.2, 0.25) is 0 Å². The monoisotopic (exact) mass is 359 g/mol. The van der Waals surface area contributed by atoms with E-state index in [1.54, 1.807) is 0 Å². The summed E-state index contributed by atoms with van der Waals surface area (Å²) < 4.78 is 11.7. The standard InChI is InChI=1S/C19H23NO2P2/c1-12-2-6-15(17(23)8-12)19(11-22-19)18(24)16-7-5-14(9-20-16)21-10-13-3-4-13/h2,5-9,13,18H,3-4,10-11,23-24H2,1H3. The van der Waals surface area contributed by atoms with Crippen LogP contribution in [-0.2, 0) is 10.3 Å². The summed E-state index contributed by atoms with van der Waals surface area (Å²) in [6, 6.07) is 10.6. The summed E-state index contributed by atoms with van der Waals surface area (Å²) in [6.45, 7) is 3.66. The van der Waals surface area contributed by atoms with Gasteiger partial charge in [0, 0.05) is 0 Å². The fourth-order valence-corrected chi connectivity index (χ4v) is 4.22. The van der Waals surface area contributed by atoms with Crippen LogP contribution in [0.5, 0.6) is 5.75 Å². The second-order valence-electron chi connectivity index (χ2n) is 6.92. The minimum atomic E-state index is -0.279. The van der Waals surface area contributed by atoms with Crippen molar-refractivity contribution in [1.82, 2.24) is 4.98 Å². The molecule has 2 aliphatic rings. The van der Waals surface area contributed by atoms with E-state index in [1.165, 1.54) is 29.3 Å². The molecule has 0 N–H and O–H groups in total. The zero-order valence-electron chi connectivity index (χ0n) is 13.9. The van der Waals surface area contributed by atoms with Gasteiger partial charge in [0.1, 0.15) is 11.4 Å². The van der Waals surface area contributed by atoms with Crippen molar-refractivity contribution in [1.29, 1.82) is 0 Å². The van der Waals surface area contributed by atoms with Crippen molar-refractivity contribution in [2.45, 2.75) is 31.0 Å². The first-order valence-corrected chi connectivity index (χ1v) is 9.68. The first-order chi connectivity index (χ1) is 11.6. The molecule has 0 amide bonds. The minimum Gasteiger partial charge on any atom is -0.492 e. The molecular weight excluding hydrogens is 336 g/mol. The predicted octanol–water partition coefficient (Wildman–Crippen LogP) is 3.52. The number of nitrogens with zero attached hydrogens (tertiary/aromatic N) is 1. The summed E-state index contributed by atoms with van der Waals surface area (Å²) in [6.07, 6.45) is 4.43. The van der Waals surface area contributed by atoms with E-state index in [9.17, 15) is 0 Å². The van der Waals surface area contributed by atoms with Crippen molar-refractivity contribution < 1.29 is 9.47 Å². The van der Waals surface area contributed by atoms with Crippen LogP contribution in [-0.4, -0.2) is 18.2 Å². The third kappa shape index (κ3) is 3.23. The Morgan fingerprint density at radius 3 is 2.71 bits per heavy atom. The van der Waals surface area contributed by atoms with Gasteiger partial charge in [0.25, 0.3) is 0 Å². The van der Waals surface area contributed by atoms with Crippen molar-refractivity contribution in [3.8, 4) is 5.75 Å². The zero-order chi connectivity index (χ0) is 16.7. The first-order valence-electron chi connectivity index (χ1n) is 8.43. The van der Waals surface area contributed by atoms with Crippen molar-refractivity contribution >= 4 is 23.8 Å². The summed E-state index contributed by atoms with van der Waals surface area (Å²) in [5.41, 5.74) is 3.35. The average Bonchev–Trinajstić information content (AvgIpc) is 3.47. The van der Waals surface area contributed by atoms with Crippen molar-refractivity contribution in [3.05, 3.63) is 53.3 Å². The van der Waals surface area contributed by atoms with E-state index in [2.05, 4.69) is 54.7 Å². The van der Waals surface area contributed by atoms with Crippen molar-refractivity contribution in [3.63, 3.8) is 0 Å². The Morgan fingerprint density at radius 1 is 1.33 bits per heavy atom. The van der Waals surface area contributed by atoms with Crippen LogP contribution in [0.3, 0.4) is 0 Å². The van der Waals surface area contributed by atoms with Crippen LogP contribution >= 0.6 is 18.5 Å². The number of pyridine rings is 1. The van der Waals surface area contributed by atoms with Crippen LogP contribution < -0.4 is 10.0 Å². The average molecular weight is 359 g/mol. The summed E-state index contributed by atoms with van der Waals surface area (Å²) >= 11 is 0. The van der Waals surface area contributed by atoms with Gasteiger partial charge >= 0.3 is 0 Å². The largest absolute Gasteiger partial charge is 0.492 e. The van der Waals surface area contributed by atoms with Crippen LogP contribution in [0.1, 0.15) is 35.3 Å². The van der Waals surface area contributed by atoms with E-state index in [1.807, 2.05) is 12.3 Å². The number of hydrogen-bond acceptors (Lipinski definition) is 3. The van der Waals surface area contributed by atoms with Crippen molar-refractivity contribution in [2.75, 3.05) is 13.2 Å². The number of ether oxygens (including phenoxy) is 2. The Bertz CT molecular complexity index is 740. The summed E-state index contributed by atoms with van der Waals surface area (Å²) in [7, 11) is 5.76. The molecule has 2 heterocycles. The molecule has 1 aromatic carbocycles. The van der Waals surface area contributed by atoms with E-state index in [4.69, 9.17) is 9.47 Å². The molecule has 1 aliphatic heterocycles. The van der Waals surface area contributed by atoms with Crippen LogP contribution in [0.2, 0.25) is 0 Å². The van der Waals surface area contributed by atoms with Crippen LogP contribution in [0.25, 0.3) is 0 Å². The molecule has 4 rings (SSSR count). The molecule has 0 bridgehead atoms. The molecule has 2 fully saturated rings. The molecule has 4 atom stereocenters. The highest BCUT2D eigenvalue weighted by Gasteiger charge is 2.53. The van der Waals surface area contributed by atoms with Crippen molar-refractivity contribution in [2.24, 2.45) is 5.92 Å². The third-order valence-corrected chi connectivity index (χ3v) is 6.24. The van der Waals surface area contributed by atoms with Crippen LogP contribution in [0.15, 0.2) is 36.5 Å². The molecule has 3 nitrogen and oxygen atoms in total. The second kappa shape index (κ2) is 6.37. The maximum absolute atomic E-state index is 5.93. The summed E-state index contributed by atoms with van der Waals surface area (Å²) in [5, 5.41) is 1.20. The topological polar surface area (TPSA) is 34.6 Å². The number of rotatable bonds is 6. The fourth-order valence-electron chi connectivity index (χ4n) is 3.05. The second-order valence-corrected chi connectivity index (χ2v) is 8.21. The smallest absolute Gasteiger partial charge is 0.137 e. The molecular formula is C19H23NO2P2. The fraction of sp³-hybridized carbons (Fsp3) is 0.421. The van der Waals surface area contributed by atoms with E-state index in [-0.39, 0.29) is 11.3 Å². The van der Waals surface area contributed by atoms with Gasteiger partial charge in [-0.05, 0) is 48.7 Å². The molecule has 24 heavy (non-hydrogen) atoms. The lowest BCUT2D eigenvalue weighted by atomic mass is 9.93. The summed E-state index contributed by atoms with van der Waals surface area (Å²) in [5.74, 6) is 1.61. The summed E-state index contributed by atoms with van der Waals surface area (Å²) in [4.78, 5) is 4.62. The Balaban J connectivity index is 1.52. The lowest BCUT2D eigenvalue weighted by Gasteiger charge is -2.22. The molecule has 1 saturated heterocycles. The lowest BCUT2D eigenvalue weighted by Crippen LogP contribution is -2.22. The maximum Gasteiger partial charge on any atom is 0.137 e. The molecule has 1 aromatic heterocycles. The Hall–Kier alpha value is -1.01. The van der Waals surface area contributed by atoms with Gasteiger partial charge in [-0.1, -0.05) is 23.8 Å². The highest BCUT2D eigenvalue weighted by Crippen LogP contribution is 2.52.